The van der Waals surface area contributed by atoms with E-state index < -0.39 is 0 Å². The van der Waals surface area contributed by atoms with Gasteiger partial charge in [-0.2, -0.15) is 0 Å². The third kappa shape index (κ3) is 1.88. The monoisotopic (exact) mass is 269 g/mol. The SMILES string of the molecule is CC1=C=C=C(n2c3c(c4ccccc42)=CC=CCC=3)C=C1. The smallest absolute Gasteiger partial charge is 0.0974 e. The van der Waals surface area contributed by atoms with Crippen LogP contribution in [-0.2, 0) is 0 Å². The number of para-hydroxylation sites is 1. The molecule has 0 spiro atoms. The maximum absolute atomic E-state index is 3.29. The molecule has 0 unspecified atom stereocenters. The van der Waals surface area contributed by atoms with Crippen LogP contribution in [0.15, 0.2) is 65.6 Å². The predicted molar refractivity (Wildman–Crippen MR) is 88.9 cm³/mol. The molecule has 1 heterocycles. The summed E-state index contributed by atoms with van der Waals surface area (Å²) in [5.74, 6) is 0. The van der Waals surface area contributed by atoms with Crippen molar-refractivity contribution in [1.29, 1.82) is 0 Å². The molecule has 1 aromatic carbocycles. The number of allylic oxidation sites excluding steroid dienone is 6. The van der Waals surface area contributed by atoms with Crippen LogP contribution < -0.4 is 10.6 Å². The second kappa shape index (κ2) is 4.68. The molecule has 0 bridgehead atoms. The fourth-order valence-corrected chi connectivity index (χ4v) is 2.92. The Labute approximate surface area is 123 Å². The van der Waals surface area contributed by atoms with Crippen molar-refractivity contribution in [2.75, 3.05) is 0 Å². The van der Waals surface area contributed by atoms with Crippen LogP contribution >= 0.6 is 0 Å². The van der Waals surface area contributed by atoms with E-state index in [4.69, 9.17) is 0 Å². The van der Waals surface area contributed by atoms with Crippen LogP contribution in [-0.4, -0.2) is 4.57 Å². The van der Waals surface area contributed by atoms with E-state index in [2.05, 4.69) is 76.8 Å². The Morgan fingerprint density at radius 1 is 1.10 bits per heavy atom. The summed E-state index contributed by atoms with van der Waals surface area (Å²) in [6, 6.07) is 8.54. The van der Waals surface area contributed by atoms with Crippen LogP contribution in [0, 0.1) is 0 Å². The Bertz CT molecular complexity index is 1030. The lowest BCUT2D eigenvalue weighted by Crippen LogP contribution is -2.28. The quantitative estimate of drug-likeness (QED) is 0.700. The summed E-state index contributed by atoms with van der Waals surface area (Å²) >= 11 is 0. The van der Waals surface area contributed by atoms with Crippen LogP contribution in [0.4, 0.5) is 0 Å². The summed E-state index contributed by atoms with van der Waals surface area (Å²) in [6.07, 6.45) is 14.0. The number of aromatic nitrogens is 1. The van der Waals surface area contributed by atoms with Crippen molar-refractivity contribution >= 4 is 28.8 Å². The Morgan fingerprint density at radius 2 is 2.00 bits per heavy atom. The van der Waals surface area contributed by atoms with E-state index in [0.717, 1.165) is 17.7 Å². The lowest BCUT2D eigenvalue weighted by atomic mass is 10.2. The summed E-state index contributed by atoms with van der Waals surface area (Å²) in [6.45, 7) is 2.04. The molecular weight excluding hydrogens is 254 g/mol. The standard InChI is InChI=1S/C20H15N/c1-15-11-13-16(14-12-15)21-19-9-4-2-3-7-17(19)18-8-5-6-10-20(18)21/h2-3,5-11,13H,4H2,1H3. The first-order valence-electron chi connectivity index (χ1n) is 7.22. The van der Waals surface area contributed by atoms with Crippen molar-refractivity contribution in [3.63, 3.8) is 0 Å². The maximum Gasteiger partial charge on any atom is 0.0974 e. The summed E-state index contributed by atoms with van der Waals surface area (Å²) in [4.78, 5) is 0. The minimum atomic E-state index is 0.954. The molecule has 0 fully saturated rings. The highest BCUT2D eigenvalue weighted by Crippen LogP contribution is 2.16. The number of hydrogen-bond donors (Lipinski definition) is 0. The average molecular weight is 269 g/mol. The van der Waals surface area contributed by atoms with E-state index in [1.54, 1.807) is 0 Å². The molecule has 1 aromatic heterocycles. The van der Waals surface area contributed by atoms with Crippen molar-refractivity contribution in [2.45, 2.75) is 13.3 Å². The molecule has 0 atom stereocenters. The molecule has 4 rings (SSSR count). The third-order valence-electron chi connectivity index (χ3n) is 3.92. The van der Waals surface area contributed by atoms with E-state index in [1.165, 1.54) is 21.5 Å². The van der Waals surface area contributed by atoms with Crippen molar-refractivity contribution < 1.29 is 0 Å². The number of benzene rings is 1. The van der Waals surface area contributed by atoms with Gasteiger partial charge < -0.3 is 4.57 Å². The molecular formula is C20H15N. The Kier molecular flexibility index (Phi) is 2.69. The van der Waals surface area contributed by atoms with Crippen LogP contribution in [0.25, 0.3) is 28.8 Å². The van der Waals surface area contributed by atoms with Gasteiger partial charge in [0.2, 0.25) is 0 Å². The second-order valence-corrected chi connectivity index (χ2v) is 5.34. The van der Waals surface area contributed by atoms with Crippen molar-refractivity contribution in [1.82, 2.24) is 4.57 Å². The normalized spacial score (nSPS) is 15.9. The predicted octanol–water partition coefficient (Wildman–Crippen LogP) is 3.27. The molecule has 2 aromatic rings. The zero-order valence-electron chi connectivity index (χ0n) is 11.9. The fourth-order valence-electron chi connectivity index (χ4n) is 2.92. The summed E-state index contributed by atoms with van der Waals surface area (Å²) < 4.78 is 2.28. The number of nitrogens with zero attached hydrogens (tertiary/aromatic N) is 1. The molecule has 2 aliphatic carbocycles. The lowest BCUT2D eigenvalue weighted by molar-refractivity contribution is 1.11. The Morgan fingerprint density at radius 3 is 2.86 bits per heavy atom. The van der Waals surface area contributed by atoms with Gasteiger partial charge in [0, 0.05) is 10.6 Å². The highest BCUT2D eigenvalue weighted by Gasteiger charge is 2.10. The van der Waals surface area contributed by atoms with Gasteiger partial charge in [-0.1, -0.05) is 48.2 Å². The number of rotatable bonds is 1. The minimum absolute atomic E-state index is 0.954. The van der Waals surface area contributed by atoms with Crippen LogP contribution in [0.2, 0.25) is 0 Å². The van der Waals surface area contributed by atoms with Gasteiger partial charge in [-0.15, -0.1) is 0 Å². The topological polar surface area (TPSA) is 4.93 Å². The molecule has 100 valence electrons. The first kappa shape index (κ1) is 12.1. The maximum atomic E-state index is 3.29. The molecule has 1 heteroatoms. The van der Waals surface area contributed by atoms with Gasteiger partial charge >= 0.3 is 0 Å². The Hall–Kier alpha value is -2.72. The van der Waals surface area contributed by atoms with Gasteiger partial charge in [0.1, 0.15) is 0 Å². The number of fused-ring (bicyclic) bond motifs is 3. The molecule has 0 aliphatic heterocycles. The van der Waals surface area contributed by atoms with E-state index in [1.807, 2.05) is 6.92 Å². The first-order chi connectivity index (χ1) is 10.3. The first-order valence-corrected chi connectivity index (χ1v) is 7.22. The summed E-state index contributed by atoms with van der Waals surface area (Å²) in [5.41, 5.74) is 9.85. The zero-order valence-corrected chi connectivity index (χ0v) is 11.9. The van der Waals surface area contributed by atoms with E-state index in [-0.39, 0.29) is 0 Å². The molecule has 0 radical (unpaired) electrons. The third-order valence-corrected chi connectivity index (χ3v) is 3.92. The molecule has 1 nitrogen and oxygen atoms in total. The van der Waals surface area contributed by atoms with Crippen molar-refractivity contribution in [2.24, 2.45) is 0 Å². The highest BCUT2D eigenvalue weighted by molar-refractivity contribution is 5.87. The zero-order chi connectivity index (χ0) is 14.2. The van der Waals surface area contributed by atoms with E-state index in [0.29, 0.717) is 0 Å². The van der Waals surface area contributed by atoms with Crippen molar-refractivity contribution in [3.05, 3.63) is 76.2 Å². The summed E-state index contributed by atoms with van der Waals surface area (Å²) in [5, 5.41) is 3.81. The fraction of sp³-hybridized carbons (Fsp3) is 0.100. The molecule has 0 amide bonds. The molecule has 21 heavy (non-hydrogen) atoms. The average Bonchev–Trinajstić information content (AvgIpc) is 2.67. The van der Waals surface area contributed by atoms with Gasteiger partial charge in [-0.3, -0.25) is 0 Å². The van der Waals surface area contributed by atoms with Gasteiger partial charge in [-0.25, -0.2) is 0 Å². The van der Waals surface area contributed by atoms with E-state index in [9.17, 15) is 0 Å². The van der Waals surface area contributed by atoms with Crippen LogP contribution in [0.3, 0.4) is 0 Å². The molecule has 0 saturated carbocycles. The molecule has 0 N–H and O–H groups in total. The largest absolute Gasteiger partial charge is 0.302 e. The van der Waals surface area contributed by atoms with Gasteiger partial charge in [0.25, 0.3) is 0 Å². The molecule has 2 aliphatic rings. The lowest BCUT2D eigenvalue weighted by Gasteiger charge is -2.06. The van der Waals surface area contributed by atoms with Gasteiger partial charge in [0.05, 0.1) is 16.6 Å². The van der Waals surface area contributed by atoms with Crippen LogP contribution in [0.1, 0.15) is 13.3 Å². The van der Waals surface area contributed by atoms with Gasteiger partial charge in [0.15, 0.2) is 0 Å². The Balaban J connectivity index is 2.23. The van der Waals surface area contributed by atoms with Crippen LogP contribution in [0.5, 0.6) is 0 Å². The van der Waals surface area contributed by atoms with Gasteiger partial charge in [-0.05, 0) is 42.9 Å². The number of hydrogen-bond acceptors (Lipinski definition) is 0. The van der Waals surface area contributed by atoms with E-state index >= 15 is 0 Å². The molecule has 0 saturated heterocycles. The highest BCUT2D eigenvalue weighted by atomic mass is 15.0. The second-order valence-electron chi connectivity index (χ2n) is 5.34. The summed E-state index contributed by atoms with van der Waals surface area (Å²) in [7, 11) is 0. The van der Waals surface area contributed by atoms with Crippen molar-refractivity contribution in [3.8, 4) is 0 Å². The minimum Gasteiger partial charge on any atom is -0.302 e.